The average molecular weight is 909 g/mol. The number of benzene rings is 8. The highest BCUT2D eigenvalue weighted by molar-refractivity contribution is 6.09. The van der Waals surface area contributed by atoms with Gasteiger partial charge in [0.25, 0.3) is 0 Å². The van der Waals surface area contributed by atoms with Crippen LogP contribution in [0.4, 0.5) is 0 Å². The Morgan fingerprint density at radius 1 is 0.324 bits per heavy atom. The van der Waals surface area contributed by atoms with E-state index in [4.69, 9.17) is 28.5 Å². The fraction of sp³-hybridized carbons (Fsp3) is 0.133. The van der Waals surface area contributed by atoms with Gasteiger partial charge in [-0.1, -0.05) is 140 Å². The molecule has 348 valence electrons. The molecule has 68 heavy (non-hydrogen) atoms. The van der Waals surface area contributed by atoms with Crippen molar-refractivity contribution in [1.29, 1.82) is 0 Å². The van der Waals surface area contributed by atoms with Crippen LogP contribution in [0.1, 0.15) is 63.7 Å². The van der Waals surface area contributed by atoms with Crippen molar-refractivity contribution in [1.82, 2.24) is 0 Å². The molecule has 0 saturated carbocycles. The van der Waals surface area contributed by atoms with Gasteiger partial charge in [0.1, 0.15) is 48.1 Å². The molecule has 8 heteroatoms. The largest absolute Gasteiger partial charge is 0.497 e. The standard InChI is InChI=1S/C22H18O3.C20H18O2.C14H14O.C2H6.2CH2O/c1-15-3-11-20(12-4-15)25-21-13-9-19(10-14-21)22(24)18-7-5-17(6-8-18)16(2)23;1-15-3-9-19(10-4-15)22-20-13-7-17(8-14-20)16-5-11-18(21-2)12-6-16;1-11-3-5-12(6-4-11)13-7-9-14(15-2)10-8-13;3*1-2/h3-14H,1-2H3;3-14H,1-2H3;3-10H,1-2H3;1-2H3;2*1H2. The molecule has 8 rings (SSSR count). The van der Waals surface area contributed by atoms with Crippen LogP contribution in [0.5, 0.6) is 34.5 Å². The van der Waals surface area contributed by atoms with Crippen LogP contribution in [0.2, 0.25) is 0 Å². The summed E-state index contributed by atoms with van der Waals surface area (Å²) in [6.07, 6.45) is 0. The van der Waals surface area contributed by atoms with E-state index in [0.29, 0.717) is 22.4 Å². The van der Waals surface area contributed by atoms with Gasteiger partial charge in [0.2, 0.25) is 0 Å². The van der Waals surface area contributed by atoms with Crippen molar-refractivity contribution in [3.05, 3.63) is 228 Å². The molecule has 8 aromatic carbocycles. The van der Waals surface area contributed by atoms with Gasteiger partial charge in [-0.2, -0.15) is 0 Å². The molecular formula is C60H60O8. The molecule has 0 aliphatic heterocycles. The van der Waals surface area contributed by atoms with Gasteiger partial charge < -0.3 is 28.5 Å². The summed E-state index contributed by atoms with van der Waals surface area (Å²) in [7, 11) is 3.35. The van der Waals surface area contributed by atoms with Gasteiger partial charge in [-0.25, -0.2) is 0 Å². The predicted octanol–water partition coefficient (Wildman–Crippen LogP) is 15.0. The third kappa shape index (κ3) is 17.2. The number of ketones is 2. The molecule has 0 spiro atoms. The number of ether oxygens (including phenoxy) is 4. The molecule has 0 heterocycles. The highest BCUT2D eigenvalue weighted by Gasteiger charge is 2.10. The minimum absolute atomic E-state index is 0.0170. The van der Waals surface area contributed by atoms with E-state index in [9.17, 15) is 9.59 Å². The highest BCUT2D eigenvalue weighted by atomic mass is 16.5. The SMILES string of the molecule is C=O.C=O.CC.CC(=O)c1ccc(C(=O)c2ccc(Oc3ccc(C)cc3)cc2)cc1.COc1ccc(-c2ccc(C)cc2)cc1.COc1ccc(-c2ccc(Oc3ccc(C)cc3)cc2)cc1. The Labute approximate surface area is 401 Å². The van der Waals surface area contributed by atoms with Crippen molar-refractivity contribution in [3.8, 4) is 56.8 Å². The van der Waals surface area contributed by atoms with Crippen LogP contribution in [0.3, 0.4) is 0 Å². The lowest BCUT2D eigenvalue weighted by atomic mass is 10.0. The zero-order valence-electron chi connectivity index (χ0n) is 40.2. The number of hydrogen-bond acceptors (Lipinski definition) is 8. The van der Waals surface area contributed by atoms with E-state index >= 15 is 0 Å². The monoisotopic (exact) mass is 908 g/mol. The lowest BCUT2D eigenvalue weighted by Gasteiger charge is -2.08. The molecule has 8 aromatic rings. The number of hydrogen-bond donors (Lipinski definition) is 0. The lowest BCUT2D eigenvalue weighted by molar-refractivity contribution is -0.0987. The molecule has 0 fully saturated rings. The van der Waals surface area contributed by atoms with Crippen LogP contribution in [0.15, 0.2) is 194 Å². The van der Waals surface area contributed by atoms with Gasteiger partial charge >= 0.3 is 0 Å². The van der Waals surface area contributed by atoms with E-state index in [1.54, 1.807) is 62.8 Å². The maximum Gasteiger partial charge on any atom is 0.193 e. The van der Waals surface area contributed by atoms with E-state index < -0.39 is 0 Å². The molecule has 0 amide bonds. The van der Waals surface area contributed by atoms with Crippen molar-refractivity contribution < 1.29 is 38.1 Å². The molecule has 0 unspecified atom stereocenters. The summed E-state index contributed by atoms with van der Waals surface area (Å²) in [5.41, 5.74) is 10.2. The first-order chi connectivity index (χ1) is 33.1. The topological polar surface area (TPSA) is 105 Å². The summed E-state index contributed by atoms with van der Waals surface area (Å²) in [6, 6.07) is 62.3. The Morgan fingerprint density at radius 2 is 0.529 bits per heavy atom. The number of carbonyl (C=O) groups is 4. The summed E-state index contributed by atoms with van der Waals surface area (Å²) in [5.74, 6) is 4.77. The molecule has 0 aliphatic rings. The fourth-order valence-corrected chi connectivity index (χ4v) is 6.21. The van der Waals surface area contributed by atoms with Gasteiger partial charge in [-0.15, -0.1) is 0 Å². The zero-order chi connectivity index (χ0) is 49.8. The quantitative estimate of drug-likeness (QED) is 0.118. The Bertz CT molecular complexity index is 2670. The molecule has 0 aromatic heterocycles. The predicted molar refractivity (Wildman–Crippen MR) is 276 cm³/mol. The van der Waals surface area contributed by atoms with Gasteiger partial charge in [0, 0.05) is 16.7 Å². The number of carbonyl (C=O) groups excluding carboxylic acids is 4. The Morgan fingerprint density at radius 3 is 0.809 bits per heavy atom. The first kappa shape index (κ1) is 54.0. The summed E-state index contributed by atoms with van der Waals surface area (Å²) >= 11 is 0. The first-order valence-electron chi connectivity index (χ1n) is 21.8. The van der Waals surface area contributed by atoms with Crippen molar-refractivity contribution in [3.63, 3.8) is 0 Å². The van der Waals surface area contributed by atoms with E-state index in [1.807, 2.05) is 119 Å². The molecular weight excluding hydrogens is 849 g/mol. The second-order valence-electron chi connectivity index (χ2n) is 14.7. The van der Waals surface area contributed by atoms with E-state index in [1.165, 1.54) is 34.7 Å². The van der Waals surface area contributed by atoms with Crippen LogP contribution < -0.4 is 18.9 Å². The Balaban J connectivity index is 0.000000262. The molecule has 0 aliphatic carbocycles. The van der Waals surface area contributed by atoms with Crippen LogP contribution in [0.25, 0.3) is 22.3 Å². The van der Waals surface area contributed by atoms with Crippen molar-refractivity contribution in [2.75, 3.05) is 14.2 Å². The van der Waals surface area contributed by atoms with E-state index in [2.05, 4.69) is 74.5 Å². The second-order valence-corrected chi connectivity index (χ2v) is 14.7. The summed E-state index contributed by atoms with van der Waals surface area (Å²) in [6.45, 7) is 15.7. The summed E-state index contributed by atoms with van der Waals surface area (Å²) < 4.78 is 21.9. The van der Waals surface area contributed by atoms with Gasteiger partial charge in [-0.05, 0) is 135 Å². The third-order valence-electron chi connectivity index (χ3n) is 9.94. The normalized spacial score (nSPS) is 9.53. The number of Topliss-reactive ketones (excluding diaryl/α,β-unsaturated/α-hetero) is 1. The van der Waals surface area contributed by atoms with Crippen molar-refractivity contribution in [2.24, 2.45) is 0 Å². The first-order valence-corrected chi connectivity index (χ1v) is 21.8. The van der Waals surface area contributed by atoms with Crippen LogP contribution in [-0.2, 0) is 9.59 Å². The van der Waals surface area contributed by atoms with Crippen molar-refractivity contribution in [2.45, 2.75) is 41.5 Å². The molecule has 8 nitrogen and oxygen atoms in total. The van der Waals surface area contributed by atoms with E-state index in [0.717, 1.165) is 39.9 Å². The van der Waals surface area contributed by atoms with E-state index in [-0.39, 0.29) is 11.6 Å². The molecule has 0 radical (unpaired) electrons. The maximum atomic E-state index is 12.5. The lowest BCUT2D eigenvalue weighted by Crippen LogP contribution is -2.02. The fourth-order valence-electron chi connectivity index (χ4n) is 6.21. The zero-order valence-corrected chi connectivity index (χ0v) is 40.2. The summed E-state index contributed by atoms with van der Waals surface area (Å²) in [5, 5.41) is 0. The third-order valence-corrected chi connectivity index (χ3v) is 9.94. The van der Waals surface area contributed by atoms with Gasteiger partial charge in [-0.3, -0.25) is 9.59 Å². The van der Waals surface area contributed by atoms with Crippen LogP contribution in [-0.4, -0.2) is 39.4 Å². The smallest absolute Gasteiger partial charge is 0.193 e. The summed E-state index contributed by atoms with van der Waals surface area (Å²) in [4.78, 5) is 39.8. The van der Waals surface area contributed by atoms with Gasteiger partial charge in [0.15, 0.2) is 11.6 Å². The Kier molecular flexibility index (Phi) is 23.2. The highest BCUT2D eigenvalue weighted by Crippen LogP contribution is 2.28. The molecule has 0 N–H and O–H groups in total. The minimum atomic E-state index is -0.0861. The average Bonchev–Trinajstić information content (AvgIpc) is 3.40. The van der Waals surface area contributed by atoms with Crippen LogP contribution in [0, 0.1) is 20.8 Å². The van der Waals surface area contributed by atoms with Crippen molar-refractivity contribution >= 4 is 25.1 Å². The maximum absolute atomic E-state index is 12.5. The molecule has 0 saturated heterocycles. The van der Waals surface area contributed by atoms with Crippen LogP contribution >= 0.6 is 0 Å². The van der Waals surface area contributed by atoms with Gasteiger partial charge in [0.05, 0.1) is 14.2 Å². The number of methoxy groups -OCH3 is 2. The molecule has 0 atom stereocenters. The number of aryl methyl sites for hydroxylation is 3. The minimum Gasteiger partial charge on any atom is -0.497 e. The second kappa shape index (κ2) is 29.2. The molecule has 0 bridgehead atoms. The Hall–Kier alpha value is -8.36. The number of rotatable bonds is 11.